The Morgan fingerprint density at radius 1 is 1.05 bits per heavy atom. The second-order valence-corrected chi connectivity index (χ2v) is 5.00. The quantitative estimate of drug-likeness (QED) is 0.639. The van der Waals surface area contributed by atoms with Gasteiger partial charge in [0.05, 0.1) is 25.9 Å². The minimum atomic E-state index is 0.472. The van der Waals surface area contributed by atoms with Crippen molar-refractivity contribution in [3.63, 3.8) is 0 Å². The van der Waals surface area contributed by atoms with Crippen LogP contribution < -0.4 is 9.47 Å². The molecular formula is C16H24O3. The van der Waals surface area contributed by atoms with Gasteiger partial charge in [0.15, 0.2) is 0 Å². The number of hydrogen-bond donors (Lipinski definition) is 0. The average Bonchev–Trinajstić information content (AvgIpc) is 3.25. The lowest BCUT2D eigenvalue weighted by Gasteiger charge is -2.11. The first-order valence-corrected chi connectivity index (χ1v) is 7.33. The fourth-order valence-electron chi connectivity index (χ4n) is 1.94. The van der Waals surface area contributed by atoms with Gasteiger partial charge in [-0.05, 0) is 43.4 Å². The maximum atomic E-state index is 5.73. The molecule has 0 spiro atoms. The lowest BCUT2D eigenvalue weighted by molar-refractivity contribution is 0.301. The van der Waals surface area contributed by atoms with Crippen LogP contribution in [0.1, 0.15) is 38.7 Å². The van der Waals surface area contributed by atoms with E-state index in [9.17, 15) is 0 Å². The third-order valence-electron chi connectivity index (χ3n) is 3.04. The first-order chi connectivity index (χ1) is 9.31. The van der Waals surface area contributed by atoms with Crippen LogP contribution in [0, 0.1) is 0 Å². The van der Waals surface area contributed by atoms with Crippen molar-refractivity contribution in [3.8, 4) is 11.5 Å². The summed E-state index contributed by atoms with van der Waals surface area (Å²) in [4.78, 5) is 0. The fraction of sp³-hybridized carbons (Fsp3) is 0.625. The molecule has 0 radical (unpaired) electrons. The van der Waals surface area contributed by atoms with E-state index in [0.717, 1.165) is 57.0 Å². The molecule has 1 unspecified atom stereocenters. The number of aryl methyl sites for hydroxylation is 1. The number of rotatable bonds is 9. The van der Waals surface area contributed by atoms with Crippen LogP contribution in [0.25, 0.3) is 0 Å². The second kappa shape index (κ2) is 7.39. The van der Waals surface area contributed by atoms with E-state index < -0.39 is 0 Å². The van der Waals surface area contributed by atoms with E-state index in [1.165, 1.54) is 5.56 Å². The first kappa shape index (κ1) is 14.2. The molecule has 1 saturated heterocycles. The van der Waals surface area contributed by atoms with Gasteiger partial charge in [-0.3, -0.25) is 0 Å². The SMILES string of the molecule is CCCOc1cc(CCC2CO2)cc(OCCC)c1. The molecule has 0 saturated carbocycles. The predicted octanol–water partition coefficient (Wildman–Crippen LogP) is 3.60. The molecule has 3 nitrogen and oxygen atoms in total. The Morgan fingerprint density at radius 3 is 2.11 bits per heavy atom. The topological polar surface area (TPSA) is 31.0 Å². The molecule has 0 aliphatic carbocycles. The zero-order valence-corrected chi connectivity index (χ0v) is 12.0. The summed E-state index contributed by atoms with van der Waals surface area (Å²) in [7, 11) is 0. The molecule has 106 valence electrons. The van der Waals surface area contributed by atoms with E-state index in [4.69, 9.17) is 14.2 Å². The lowest BCUT2D eigenvalue weighted by atomic mass is 10.1. The summed E-state index contributed by atoms with van der Waals surface area (Å²) in [5.74, 6) is 1.84. The molecular weight excluding hydrogens is 240 g/mol. The summed E-state index contributed by atoms with van der Waals surface area (Å²) in [6.07, 6.45) is 4.62. The molecule has 0 N–H and O–H groups in total. The summed E-state index contributed by atoms with van der Waals surface area (Å²) in [6.45, 7) is 6.65. The molecule has 1 atom stereocenters. The maximum Gasteiger partial charge on any atom is 0.123 e. The summed E-state index contributed by atoms with van der Waals surface area (Å²) in [6, 6.07) is 6.23. The van der Waals surface area contributed by atoms with Crippen LogP contribution in [0.3, 0.4) is 0 Å². The Labute approximate surface area is 115 Å². The van der Waals surface area contributed by atoms with Crippen molar-refractivity contribution < 1.29 is 14.2 Å². The number of epoxide rings is 1. The van der Waals surface area contributed by atoms with Gasteiger partial charge in [0.2, 0.25) is 0 Å². The highest BCUT2D eigenvalue weighted by Gasteiger charge is 2.21. The Kier molecular flexibility index (Phi) is 5.52. The normalized spacial score (nSPS) is 17.3. The highest BCUT2D eigenvalue weighted by molar-refractivity contribution is 5.38. The van der Waals surface area contributed by atoms with Crippen LogP contribution in [0.2, 0.25) is 0 Å². The van der Waals surface area contributed by atoms with E-state index in [-0.39, 0.29) is 0 Å². The standard InChI is InChI=1S/C16H24O3/c1-3-7-17-15-9-13(5-6-14-12-19-14)10-16(11-15)18-8-4-2/h9-11,14H,3-8,12H2,1-2H3. The monoisotopic (exact) mass is 264 g/mol. The van der Waals surface area contributed by atoms with Crippen molar-refractivity contribution in [1.29, 1.82) is 0 Å². The maximum absolute atomic E-state index is 5.73. The van der Waals surface area contributed by atoms with Gasteiger partial charge in [0, 0.05) is 6.07 Å². The van der Waals surface area contributed by atoms with Crippen molar-refractivity contribution in [1.82, 2.24) is 0 Å². The first-order valence-electron chi connectivity index (χ1n) is 7.33. The molecule has 2 rings (SSSR count). The minimum absolute atomic E-state index is 0.472. The molecule has 0 aromatic heterocycles. The van der Waals surface area contributed by atoms with Crippen LogP contribution in [0.15, 0.2) is 18.2 Å². The minimum Gasteiger partial charge on any atom is -0.493 e. The van der Waals surface area contributed by atoms with Crippen molar-refractivity contribution >= 4 is 0 Å². The predicted molar refractivity (Wildman–Crippen MR) is 76.1 cm³/mol. The molecule has 19 heavy (non-hydrogen) atoms. The molecule has 3 heteroatoms. The molecule has 1 aromatic rings. The fourth-order valence-corrected chi connectivity index (χ4v) is 1.94. The number of hydrogen-bond acceptors (Lipinski definition) is 3. The van der Waals surface area contributed by atoms with E-state index >= 15 is 0 Å². The summed E-state index contributed by atoms with van der Waals surface area (Å²) in [5, 5.41) is 0. The van der Waals surface area contributed by atoms with Gasteiger partial charge in [0.25, 0.3) is 0 Å². The van der Waals surface area contributed by atoms with E-state index in [0.29, 0.717) is 6.10 Å². The zero-order valence-electron chi connectivity index (χ0n) is 12.0. The lowest BCUT2D eigenvalue weighted by Crippen LogP contribution is -2.00. The number of ether oxygens (including phenoxy) is 3. The highest BCUT2D eigenvalue weighted by atomic mass is 16.6. The smallest absolute Gasteiger partial charge is 0.123 e. The molecule has 0 bridgehead atoms. The largest absolute Gasteiger partial charge is 0.493 e. The van der Waals surface area contributed by atoms with Crippen molar-refractivity contribution in [2.45, 2.75) is 45.6 Å². The van der Waals surface area contributed by atoms with Crippen molar-refractivity contribution in [3.05, 3.63) is 23.8 Å². The van der Waals surface area contributed by atoms with Crippen LogP contribution >= 0.6 is 0 Å². The van der Waals surface area contributed by atoms with Crippen molar-refractivity contribution in [2.75, 3.05) is 19.8 Å². The van der Waals surface area contributed by atoms with E-state index in [1.54, 1.807) is 0 Å². The van der Waals surface area contributed by atoms with Crippen molar-refractivity contribution in [2.24, 2.45) is 0 Å². The molecule has 1 fully saturated rings. The molecule has 1 aliphatic heterocycles. The average molecular weight is 264 g/mol. The van der Waals surface area contributed by atoms with Gasteiger partial charge in [-0.15, -0.1) is 0 Å². The van der Waals surface area contributed by atoms with Gasteiger partial charge in [-0.2, -0.15) is 0 Å². The Bertz CT molecular complexity index is 359. The molecule has 1 heterocycles. The van der Waals surface area contributed by atoms with Crippen LogP contribution in [-0.2, 0) is 11.2 Å². The summed E-state index contributed by atoms with van der Waals surface area (Å²) >= 11 is 0. The Balaban J connectivity index is 2.00. The van der Waals surface area contributed by atoms with Gasteiger partial charge >= 0.3 is 0 Å². The van der Waals surface area contributed by atoms with E-state index in [1.807, 2.05) is 6.07 Å². The van der Waals surface area contributed by atoms with Gasteiger partial charge in [-0.1, -0.05) is 13.8 Å². The Morgan fingerprint density at radius 2 is 1.63 bits per heavy atom. The molecule has 1 aliphatic rings. The van der Waals surface area contributed by atoms with Gasteiger partial charge in [0.1, 0.15) is 11.5 Å². The van der Waals surface area contributed by atoms with Gasteiger partial charge in [-0.25, -0.2) is 0 Å². The summed E-state index contributed by atoms with van der Waals surface area (Å²) in [5.41, 5.74) is 1.27. The Hall–Kier alpha value is -1.22. The van der Waals surface area contributed by atoms with Crippen LogP contribution in [0.5, 0.6) is 11.5 Å². The van der Waals surface area contributed by atoms with Crippen LogP contribution in [0.4, 0.5) is 0 Å². The van der Waals surface area contributed by atoms with Gasteiger partial charge < -0.3 is 14.2 Å². The summed E-state index contributed by atoms with van der Waals surface area (Å²) < 4.78 is 16.7. The second-order valence-electron chi connectivity index (χ2n) is 5.00. The van der Waals surface area contributed by atoms with E-state index in [2.05, 4.69) is 26.0 Å². The number of benzene rings is 1. The van der Waals surface area contributed by atoms with Crippen LogP contribution in [-0.4, -0.2) is 25.9 Å². The molecule has 0 amide bonds. The third-order valence-corrected chi connectivity index (χ3v) is 3.04. The third kappa shape index (κ3) is 5.11. The highest BCUT2D eigenvalue weighted by Crippen LogP contribution is 2.26. The zero-order chi connectivity index (χ0) is 13.5. The molecule has 1 aromatic carbocycles.